The highest BCUT2D eigenvalue weighted by Crippen LogP contribution is 2.17. The first kappa shape index (κ1) is 20.0. The molecule has 0 amide bonds. The minimum absolute atomic E-state index is 0. The van der Waals surface area contributed by atoms with Gasteiger partial charge in [-0.2, -0.15) is 0 Å². The summed E-state index contributed by atoms with van der Waals surface area (Å²) in [6, 6.07) is 0.657. The van der Waals surface area contributed by atoms with Crippen molar-refractivity contribution < 1.29 is 4.74 Å². The van der Waals surface area contributed by atoms with E-state index in [1.807, 2.05) is 7.05 Å². The number of ether oxygens (including phenoxy) is 1. The summed E-state index contributed by atoms with van der Waals surface area (Å²) >= 11 is 0. The van der Waals surface area contributed by atoms with E-state index >= 15 is 0 Å². The molecule has 0 saturated carbocycles. The summed E-state index contributed by atoms with van der Waals surface area (Å²) in [6.45, 7) is 9.81. The van der Waals surface area contributed by atoms with Gasteiger partial charge in [0.25, 0.3) is 0 Å². The first-order valence-corrected chi connectivity index (χ1v) is 8.49. The van der Waals surface area contributed by atoms with Gasteiger partial charge in [0.15, 0.2) is 5.96 Å². The minimum Gasteiger partial charge on any atom is -0.376 e. The van der Waals surface area contributed by atoms with Gasteiger partial charge in [-0.15, -0.1) is 24.0 Å². The van der Waals surface area contributed by atoms with Gasteiger partial charge in [-0.1, -0.05) is 0 Å². The highest BCUT2D eigenvalue weighted by atomic mass is 127. The fraction of sp³-hybridized carbons (Fsp3) is 0.938. The summed E-state index contributed by atoms with van der Waals surface area (Å²) in [5.74, 6) is 1.63. The van der Waals surface area contributed by atoms with E-state index in [2.05, 4.69) is 34.4 Å². The number of aliphatic imine (C=N–C) groups is 1. The van der Waals surface area contributed by atoms with Gasteiger partial charge < -0.3 is 20.3 Å². The second kappa shape index (κ2) is 10.6. The van der Waals surface area contributed by atoms with Crippen molar-refractivity contribution in [2.45, 2.75) is 51.7 Å². The smallest absolute Gasteiger partial charge is 0.191 e. The second-order valence-corrected chi connectivity index (χ2v) is 6.57. The molecule has 2 aliphatic rings. The van der Waals surface area contributed by atoms with Crippen LogP contribution >= 0.6 is 24.0 Å². The van der Waals surface area contributed by atoms with Gasteiger partial charge in [-0.05, 0) is 52.0 Å². The molecule has 2 heterocycles. The third kappa shape index (κ3) is 6.58. The molecule has 2 N–H and O–H groups in total. The lowest BCUT2D eigenvalue weighted by Gasteiger charge is -2.35. The first-order valence-electron chi connectivity index (χ1n) is 8.49. The van der Waals surface area contributed by atoms with E-state index in [0.717, 1.165) is 38.0 Å². The number of guanidine groups is 1. The molecule has 0 bridgehead atoms. The number of nitrogens with one attached hydrogen (secondary N) is 2. The van der Waals surface area contributed by atoms with Crippen LogP contribution in [0.25, 0.3) is 0 Å². The van der Waals surface area contributed by atoms with E-state index in [-0.39, 0.29) is 24.0 Å². The maximum Gasteiger partial charge on any atom is 0.191 e. The van der Waals surface area contributed by atoms with Gasteiger partial charge in [0.05, 0.1) is 6.10 Å². The molecule has 130 valence electrons. The van der Waals surface area contributed by atoms with E-state index in [1.54, 1.807) is 0 Å². The van der Waals surface area contributed by atoms with Crippen LogP contribution in [0.4, 0.5) is 0 Å². The molecule has 2 rings (SSSR count). The zero-order chi connectivity index (χ0) is 15.1. The largest absolute Gasteiger partial charge is 0.376 e. The van der Waals surface area contributed by atoms with Crippen molar-refractivity contribution >= 4 is 29.9 Å². The summed E-state index contributed by atoms with van der Waals surface area (Å²) in [4.78, 5) is 6.89. The Bertz CT molecular complexity index is 332. The third-order valence-corrected chi connectivity index (χ3v) is 4.58. The van der Waals surface area contributed by atoms with Crippen LogP contribution in [0.15, 0.2) is 4.99 Å². The van der Waals surface area contributed by atoms with Crippen LogP contribution < -0.4 is 10.6 Å². The van der Waals surface area contributed by atoms with E-state index in [9.17, 15) is 0 Å². The highest BCUT2D eigenvalue weighted by molar-refractivity contribution is 14.0. The second-order valence-electron chi connectivity index (χ2n) is 6.57. The van der Waals surface area contributed by atoms with E-state index in [0.29, 0.717) is 12.1 Å². The van der Waals surface area contributed by atoms with Gasteiger partial charge >= 0.3 is 0 Å². The van der Waals surface area contributed by atoms with Crippen molar-refractivity contribution in [3.63, 3.8) is 0 Å². The van der Waals surface area contributed by atoms with Gasteiger partial charge in [0.2, 0.25) is 0 Å². The van der Waals surface area contributed by atoms with Crippen LogP contribution in [0.1, 0.15) is 39.5 Å². The Morgan fingerprint density at radius 3 is 2.64 bits per heavy atom. The van der Waals surface area contributed by atoms with Gasteiger partial charge in [-0.25, -0.2) is 0 Å². The van der Waals surface area contributed by atoms with E-state index in [1.165, 1.54) is 32.4 Å². The number of hydrogen-bond acceptors (Lipinski definition) is 3. The Kier molecular flexibility index (Phi) is 9.66. The van der Waals surface area contributed by atoms with Crippen LogP contribution in [0, 0.1) is 5.92 Å². The average molecular weight is 424 g/mol. The van der Waals surface area contributed by atoms with Crippen LogP contribution in [0.2, 0.25) is 0 Å². The molecule has 2 saturated heterocycles. The van der Waals surface area contributed by atoms with Crippen LogP contribution in [-0.2, 0) is 4.74 Å². The average Bonchev–Trinajstić information content (AvgIpc) is 3.01. The van der Waals surface area contributed by atoms with E-state index < -0.39 is 0 Å². The number of likely N-dealkylation sites (tertiary alicyclic amines) is 1. The standard InChI is InChI=1S/C16H32N4O.HI/c1-13(2)20-8-4-6-14(12-20)10-18-16(17-3)19-11-15-7-5-9-21-15;/h13-15H,4-12H2,1-3H3,(H2,17,18,19);1H. The molecule has 6 heteroatoms. The molecule has 5 nitrogen and oxygen atoms in total. The molecule has 2 unspecified atom stereocenters. The molecule has 2 atom stereocenters. The van der Waals surface area contributed by atoms with Crippen molar-refractivity contribution in [3.8, 4) is 0 Å². The molecule has 22 heavy (non-hydrogen) atoms. The predicted molar refractivity (Wildman–Crippen MR) is 103 cm³/mol. The van der Waals surface area contributed by atoms with E-state index in [4.69, 9.17) is 4.74 Å². The van der Waals surface area contributed by atoms with Crippen LogP contribution in [-0.4, -0.2) is 62.8 Å². The lowest BCUT2D eigenvalue weighted by atomic mass is 9.97. The molecule has 2 fully saturated rings. The van der Waals surface area contributed by atoms with Crippen molar-refractivity contribution in [1.82, 2.24) is 15.5 Å². The van der Waals surface area contributed by atoms with Crippen molar-refractivity contribution in [3.05, 3.63) is 0 Å². The minimum atomic E-state index is 0. The topological polar surface area (TPSA) is 48.9 Å². The molecule has 0 aliphatic carbocycles. The van der Waals surface area contributed by atoms with Gasteiger partial charge in [0.1, 0.15) is 0 Å². The fourth-order valence-corrected chi connectivity index (χ4v) is 3.21. The fourth-order valence-electron chi connectivity index (χ4n) is 3.21. The van der Waals surface area contributed by atoms with Crippen LogP contribution in [0.5, 0.6) is 0 Å². The van der Waals surface area contributed by atoms with Crippen molar-refractivity contribution in [1.29, 1.82) is 0 Å². The Morgan fingerprint density at radius 1 is 1.23 bits per heavy atom. The number of rotatable bonds is 5. The monoisotopic (exact) mass is 424 g/mol. The zero-order valence-electron chi connectivity index (χ0n) is 14.3. The third-order valence-electron chi connectivity index (χ3n) is 4.58. The molecule has 0 aromatic heterocycles. The zero-order valence-corrected chi connectivity index (χ0v) is 16.6. The van der Waals surface area contributed by atoms with Crippen LogP contribution in [0.3, 0.4) is 0 Å². The molecule has 0 radical (unpaired) electrons. The molecule has 0 spiro atoms. The Hall–Kier alpha value is -0.0800. The molecular weight excluding hydrogens is 391 g/mol. The predicted octanol–water partition coefficient (Wildman–Crippen LogP) is 2.07. The summed E-state index contributed by atoms with van der Waals surface area (Å²) in [7, 11) is 1.84. The Morgan fingerprint density at radius 2 is 2.00 bits per heavy atom. The number of hydrogen-bond donors (Lipinski definition) is 2. The molecular formula is C16H33IN4O. The summed E-state index contributed by atoms with van der Waals surface area (Å²) < 4.78 is 5.63. The van der Waals surface area contributed by atoms with Crippen molar-refractivity contribution in [2.75, 3.05) is 39.8 Å². The number of nitrogens with zero attached hydrogens (tertiary/aromatic N) is 2. The number of piperidine rings is 1. The molecule has 0 aromatic carbocycles. The summed E-state index contributed by atoms with van der Waals surface area (Å²) in [6.07, 6.45) is 5.34. The quantitative estimate of drug-likeness (QED) is 0.403. The SMILES string of the molecule is CN=C(NCC1CCCN(C(C)C)C1)NCC1CCCO1.I. The highest BCUT2D eigenvalue weighted by Gasteiger charge is 2.22. The Balaban J connectivity index is 0.00000242. The molecule has 0 aromatic rings. The normalized spacial score (nSPS) is 26.8. The Labute approximate surface area is 152 Å². The summed E-state index contributed by atoms with van der Waals surface area (Å²) in [5, 5.41) is 6.86. The van der Waals surface area contributed by atoms with Gasteiger partial charge in [0, 0.05) is 39.3 Å². The van der Waals surface area contributed by atoms with Crippen molar-refractivity contribution in [2.24, 2.45) is 10.9 Å². The maximum atomic E-state index is 5.63. The molecule has 2 aliphatic heterocycles. The summed E-state index contributed by atoms with van der Waals surface area (Å²) in [5.41, 5.74) is 0. The van der Waals surface area contributed by atoms with Gasteiger partial charge in [-0.3, -0.25) is 4.99 Å². The number of halogens is 1. The lowest BCUT2D eigenvalue weighted by Crippen LogP contribution is -2.47. The first-order chi connectivity index (χ1) is 10.2. The lowest BCUT2D eigenvalue weighted by molar-refractivity contribution is 0.113. The maximum absolute atomic E-state index is 5.63.